The largest absolute Gasteiger partial charge is 0.389 e. The van der Waals surface area contributed by atoms with Crippen molar-refractivity contribution in [1.29, 1.82) is 0 Å². The van der Waals surface area contributed by atoms with Crippen molar-refractivity contribution >= 4 is 0 Å². The van der Waals surface area contributed by atoms with Crippen molar-refractivity contribution < 1.29 is 19.0 Å². The Kier molecular flexibility index (Phi) is 9.53. The lowest BCUT2D eigenvalue weighted by atomic mass is 10.2. The highest BCUT2D eigenvalue weighted by Gasteiger charge is 2.17. The lowest BCUT2D eigenvalue weighted by molar-refractivity contribution is 0.0133. The normalized spacial score (nSPS) is 15.8. The molecule has 1 aromatic carbocycles. The SMILES string of the molecule is C#CCOCC(O)CN(CCN1CCOCC1)Cc1cccn1Cc1ccccc1F. The number of hydrogen-bond acceptors (Lipinski definition) is 5. The van der Waals surface area contributed by atoms with Crippen LogP contribution in [0.25, 0.3) is 0 Å². The second-order valence-electron chi connectivity index (χ2n) is 7.78. The first-order valence-corrected chi connectivity index (χ1v) is 10.7. The quantitative estimate of drug-likeness (QED) is 0.412. The molecule has 0 radical (unpaired) electrons. The standard InChI is InChI=1S/C24H32FN3O3/c1-2-14-31-20-23(29)19-27(11-10-26-12-15-30-16-13-26)18-22-7-5-9-28(22)17-21-6-3-4-8-24(21)25/h1,3-9,23,29H,10-20H2. The summed E-state index contributed by atoms with van der Waals surface area (Å²) in [6.45, 7) is 7.05. The summed E-state index contributed by atoms with van der Waals surface area (Å²) in [5.41, 5.74) is 1.73. The molecular formula is C24H32FN3O3. The van der Waals surface area contributed by atoms with Crippen LogP contribution in [-0.4, -0.2) is 84.7 Å². The molecule has 1 aliphatic heterocycles. The van der Waals surface area contributed by atoms with E-state index in [1.807, 2.05) is 30.5 Å². The van der Waals surface area contributed by atoms with Gasteiger partial charge in [0, 0.05) is 56.7 Å². The van der Waals surface area contributed by atoms with E-state index in [0.29, 0.717) is 25.2 Å². The zero-order chi connectivity index (χ0) is 21.9. The highest BCUT2D eigenvalue weighted by Crippen LogP contribution is 2.14. The fourth-order valence-corrected chi connectivity index (χ4v) is 3.73. The summed E-state index contributed by atoms with van der Waals surface area (Å²) in [5, 5.41) is 10.4. The van der Waals surface area contributed by atoms with Crippen LogP contribution in [0.4, 0.5) is 4.39 Å². The van der Waals surface area contributed by atoms with Crippen LogP contribution < -0.4 is 0 Å². The van der Waals surface area contributed by atoms with Crippen LogP contribution in [0, 0.1) is 18.2 Å². The second kappa shape index (κ2) is 12.6. The van der Waals surface area contributed by atoms with E-state index in [9.17, 15) is 9.50 Å². The van der Waals surface area contributed by atoms with Crippen molar-refractivity contribution in [2.24, 2.45) is 0 Å². The molecule has 1 aromatic heterocycles. The summed E-state index contributed by atoms with van der Waals surface area (Å²) in [5.74, 6) is 2.22. The van der Waals surface area contributed by atoms with Crippen LogP contribution in [0.5, 0.6) is 0 Å². The molecule has 1 saturated heterocycles. The summed E-state index contributed by atoms with van der Waals surface area (Å²) < 4.78 is 26.9. The van der Waals surface area contributed by atoms with Crippen molar-refractivity contribution in [1.82, 2.24) is 14.4 Å². The van der Waals surface area contributed by atoms with E-state index in [-0.39, 0.29) is 19.0 Å². The van der Waals surface area contributed by atoms with Gasteiger partial charge in [-0.05, 0) is 18.2 Å². The van der Waals surface area contributed by atoms with Crippen LogP contribution in [0.1, 0.15) is 11.3 Å². The maximum Gasteiger partial charge on any atom is 0.128 e. The summed E-state index contributed by atoms with van der Waals surface area (Å²) in [4.78, 5) is 4.59. The molecule has 2 aromatic rings. The molecule has 0 aliphatic carbocycles. The minimum Gasteiger partial charge on any atom is -0.389 e. The molecule has 6 nitrogen and oxygen atoms in total. The lowest BCUT2D eigenvalue weighted by Crippen LogP contribution is -2.43. The van der Waals surface area contributed by atoms with Gasteiger partial charge in [-0.3, -0.25) is 9.80 Å². The van der Waals surface area contributed by atoms with Gasteiger partial charge in [0.2, 0.25) is 0 Å². The van der Waals surface area contributed by atoms with Gasteiger partial charge in [0.25, 0.3) is 0 Å². The van der Waals surface area contributed by atoms with E-state index in [4.69, 9.17) is 15.9 Å². The number of ether oxygens (including phenoxy) is 2. The van der Waals surface area contributed by atoms with Gasteiger partial charge in [-0.1, -0.05) is 24.1 Å². The molecule has 31 heavy (non-hydrogen) atoms. The van der Waals surface area contributed by atoms with E-state index >= 15 is 0 Å². The fourth-order valence-electron chi connectivity index (χ4n) is 3.73. The Morgan fingerprint density at radius 2 is 2.03 bits per heavy atom. The van der Waals surface area contributed by atoms with Crippen LogP contribution >= 0.6 is 0 Å². The third-order valence-electron chi connectivity index (χ3n) is 5.41. The molecule has 168 valence electrons. The number of hydrogen-bond donors (Lipinski definition) is 1. The molecule has 1 atom stereocenters. The molecule has 1 unspecified atom stereocenters. The average Bonchev–Trinajstić information content (AvgIpc) is 3.21. The Labute approximate surface area is 184 Å². The number of nitrogens with zero attached hydrogens (tertiary/aromatic N) is 3. The van der Waals surface area contributed by atoms with Crippen molar-refractivity contribution in [2.75, 3.05) is 59.2 Å². The van der Waals surface area contributed by atoms with Crippen molar-refractivity contribution in [3.8, 4) is 12.3 Å². The Morgan fingerprint density at radius 1 is 1.23 bits per heavy atom. The Morgan fingerprint density at radius 3 is 2.81 bits per heavy atom. The third-order valence-corrected chi connectivity index (χ3v) is 5.41. The molecule has 3 rings (SSSR count). The summed E-state index contributed by atoms with van der Waals surface area (Å²) >= 11 is 0. The number of aliphatic hydroxyl groups is 1. The third kappa shape index (κ3) is 7.76. The van der Waals surface area contributed by atoms with E-state index in [1.54, 1.807) is 6.07 Å². The molecule has 1 aliphatic rings. The summed E-state index contributed by atoms with van der Waals surface area (Å²) in [7, 11) is 0. The maximum absolute atomic E-state index is 14.1. The number of morpholine rings is 1. The lowest BCUT2D eigenvalue weighted by Gasteiger charge is -2.31. The van der Waals surface area contributed by atoms with Gasteiger partial charge < -0.3 is 19.1 Å². The minimum atomic E-state index is -0.631. The number of benzene rings is 1. The molecule has 0 saturated carbocycles. The van der Waals surface area contributed by atoms with Crippen LogP contribution in [-0.2, 0) is 22.6 Å². The van der Waals surface area contributed by atoms with Gasteiger partial charge in [0.05, 0.1) is 32.5 Å². The van der Waals surface area contributed by atoms with Gasteiger partial charge >= 0.3 is 0 Å². The number of halogens is 1. The Hall–Kier alpha value is -2.21. The number of rotatable bonds is 12. The van der Waals surface area contributed by atoms with Crippen molar-refractivity contribution in [3.63, 3.8) is 0 Å². The molecule has 0 spiro atoms. The number of aromatic nitrogens is 1. The van der Waals surface area contributed by atoms with E-state index in [0.717, 1.165) is 45.1 Å². The van der Waals surface area contributed by atoms with Gasteiger partial charge in [0.1, 0.15) is 12.4 Å². The predicted molar refractivity (Wildman–Crippen MR) is 118 cm³/mol. The fraction of sp³-hybridized carbons (Fsp3) is 0.500. The molecule has 7 heteroatoms. The minimum absolute atomic E-state index is 0.191. The first-order chi connectivity index (χ1) is 15.2. The number of terminal acetylenes is 1. The smallest absolute Gasteiger partial charge is 0.128 e. The first kappa shape index (κ1) is 23.5. The van der Waals surface area contributed by atoms with Crippen LogP contribution in [0.2, 0.25) is 0 Å². The van der Waals surface area contributed by atoms with E-state index in [2.05, 4.69) is 20.3 Å². The van der Waals surface area contributed by atoms with E-state index in [1.165, 1.54) is 6.07 Å². The molecule has 0 amide bonds. The van der Waals surface area contributed by atoms with Crippen molar-refractivity contribution in [2.45, 2.75) is 19.2 Å². The topological polar surface area (TPSA) is 50.1 Å². The highest BCUT2D eigenvalue weighted by molar-refractivity contribution is 5.19. The zero-order valence-electron chi connectivity index (χ0n) is 18.0. The van der Waals surface area contributed by atoms with Gasteiger partial charge in [0.15, 0.2) is 0 Å². The Bertz CT molecular complexity index is 829. The van der Waals surface area contributed by atoms with Crippen LogP contribution in [0.3, 0.4) is 0 Å². The van der Waals surface area contributed by atoms with Crippen molar-refractivity contribution in [3.05, 3.63) is 59.7 Å². The predicted octanol–water partition coefficient (Wildman–Crippen LogP) is 1.82. The maximum atomic E-state index is 14.1. The van der Waals surface area contributed by atoms with Gasteiger partial charge in [-0.15, -0.1) is 6.42 Å². The van der Waals surface area contributed by atoms with E-state index < -0.39 is 6.10 Å². The molecule has 0 bridgehead atoms. The molecular weight excluding hydrogens is 397 g/mol. The summed E-state index contributed by atoms with van der Waals surface area (Å²) in [6, 6.07) is 10.9. The van der Waals surface area contributed by atoms with Gasteiger partial charge in [-0.2, -0.15) is 0 Å². The first-order valence-electron chi connectivity index (χ1n) is 10.7. The van der Waals surface area contributed by atoms with Gasteiger partial charge in [-0.25, -0.2) is 4.39 Å². The molecule has 1 N–H and O–H groups in total. The number of aliphatic hydroxyl groups excluding tert-OH is 1. The summed E-state index contributed by atoms with van der Waals surface area (Å²) in [6.07, 6.45) is 6.55. The highest BCUT2D eigenvalue weighted by atomic mass is 19.1. The Balaban J connectivity index is 1.63. The molecule has 2 heterocycles. The second-order valence-corrected chi connectivity index (χ2v) is 7.78. The zero-order valence-corrected chi connectivity index (χ0v) is 18.0. The average molecular weight is 430 g/mol. The molecule has 1 fully saturated rings. The van der Waals surface area contributed by atoms with Crippen LogP contribution in [0.15, 0.2) is 42.6 Å². The monoisotopic (exact) mass is 429 g/mol.